The van der Waals surface area contributed by atoms with Crippen LogP contribution in [0.15, 0.2) is 48.5 Å². The Hall–Kier alpha value is -3.15. The van der Waals surface area contributed by atoms with Crippen molar-refractivity contribution in [1.29, 1.82) is 0 Å². The van der Waals surface area contributed by atoms with E-state index in [2.05, 4.69) is 15.5 Å². The predicted molar refractivity (Wildman–Crippen MR) is 89.7 cm³/mol. The Morgan fingerprint density at radius 1 is 1.17 bits per heavy atom. The molecule has 1 unspecified atom stereocenters. The minimum Gasteiger partial charge on any atom is -0.481 e. The molecule has 0 aliphatic carbocycles. The molecule has 0 aliphatic heterocycles. The zero-order chi connectivity index (χ0) is 17.1. The molecule has 1 atom stereocenters. The Kier molecular flexibility index (Phi) is 4.29. The fourth-order valence-electron chi connectivity index (χ4n) is 2.75. The largest absolute Gasteiger partial charge is 0.481 e. The standard InChI is InChI=1S/C18H17N3O3/c1-11-6-2-3-7-12(11)15(10-16(22)23)19-18(24)17-13-8-4-5-9-14(13)20-21-17/h2-9,15H,10H2,1H3,(H,19,24)(H,20,21)(H,22,23). The lowest BCUT2D eigenvalue weighted by Gasteiger charge is -2.19. The van der Waals surface area contributed by atoms with Crippen LogP contribution >= 0.6 is 0 Å². The van der Waals surface area contributed by atoms with Crippen LogP contribution in [0.4, 0.5) is 0 Å². The lowest BCUT2D eigenvalue weighted by Crippen LogP contribution is -2.31. The number of para-hydroxylation sites is 1. The van der Waals surface area contributed by atoms with Crippen molar-refractivity contribution in [2.24, 2.45) is 0 Å². The first-order chi connectivity index (χ1) is 11.6. The molecule has 0 radical (unpaired) electrons. The van der Waals surface area contributed by atoms with E-state index >= 15 is 0 Å². The summed E-state index contributed by atoms with van der Waals surface area (Å²) in [5, 5.41) is 19.5. The number of amides is 1. The van der Waals surface area contributed by atoms with Crippen LogP contribution in [0.3, 0.4) is 0 Å². The molecular formula is C18H17N3O3. The quantitative estimate of drug-likeness (QED) is 0.673. The van der Waals surface area contributed by atoms with E-state index < -0.39 is 17.9 Å². The number of carboxylic acid groups (broad SMARTS) is 1. The first-order valence-electron chi connectivity index (χ1n) is 7.57. The van der Waals surface area contributed by atoms with Crippen LogP contribution < -0.4 is 5.32 Å². The number of aryl methyl sites for hydroxylation is 1. The number of carbonyl (C=O) groups is 2. The molecule has 2 aromatic carbocycles. The first-order valence-corrected chi connectivity index (χ1v) is 7.57. The Labute approximate surface area is 138 Å². The maximum Gasteiger partial charge on any atom is 0.305 e. The van der Waals surface area contributed by atoms with E-state index in [1.807, 2.05) is 49.4 Å². The minimum atomic E-state index is -0.976. The van der Waals surface area contributed by atoms with Crippen molar-refractivity contribution in [2.45, 2.75) is 19.4 Å². The minimum absolute atomic E-state index is 0.195. The van der Waals surface area contributed by atoms with Crippen LogP contribution in [0.5, 0.6) is 0 Å². The summed E-state index contributed by atoms with van der Waals surface area (Å²) in [6.45, 7) is 1.89. The molecule has 1 heterocycles. The van der Waals surface area contributed by atoms with Gasteiger partial charge in [-0.15, -0.1) is 0 Å². The summed E-state index contributed by atoms with van der Waals surface area (Å²) in [4.78, 5) is 23.8. The van der Waals surface area contributed by atoms with Crippen LogP contribution in [0.25, 0.3) is 10.9 Å². The van der Waals surface area contributed by atoms with Crippen molar-refractivity contribution in [1.82, 2.24) is 15.5 Å². The number of H-pyrrole nitrogens is 1. The number of hydrogen-bond acceptors (Lipinski definition) is 3. The summed E-state index contributed by atoms with van der Waals surface area (Å²) in [6, 6.07) is 14.1. The van der Waals surface area contributed by atoms with E-state index in [-0.39, 0.29) is 12.1 Å². The third-order valence-corrected chi connectivity index (χ3v) is 3.93. The topological polar surface area (TPSA) is 95.1 Å². The van der Waals surface area contributed by atoms with Crippen molar-refractivity contribution in [3.63, 3.8) is 0 Å². The molecule has 0 spiro atoms. The van der Waals surface area contributed by atoms with E-state index in [4.69, 9.17) is 0 Å². The van der Waals surface area contributed by atoms with Gasteiger partial charge in [-0.2, -0.15) is 5.10 Å². The molecule has 6 heteroatoms. The van der Waals surface area contributed by atoms with Gasteiger partial charge in [0.25, 0.3) is 5.91 Å². The monoisotopic (exact) mass is 323 g/mol. The highest BCUT2D eigenvalue weighted by Gasteiger charge is 2.22. The number of aromatic amines is 1. The number of benzene rings is 2. The van der Waals surface area contributed by atoms with Gasteiger partial charge in [0.2, 0.25) is 0 Å². The molecule has 3 rings (SSSR count). The fourth-order valence-corrected chi connectivity index (χ4v) is 2.75. The number of fused-ring (bicyclic) bond motifs is 1. The van der Waals surface area contributed by atoms with Gasteiger partial charge in [0.05, 0.1) is 18.0 Å². The highest BCUT2D eigenvalue weighted by Crippen LogP contribution is 2.22. The highest BCUT2D eigenvalue weighted by atomic mass is 16.4. The van der Waals surface area contributed by atoms with Crippen LogP contribution in [-0.2, 0) is 4.79 Å². The average molecular weight is 323 g/mol. The third kappa shape index (κ3) is 3.12. The third-order valence-electron chi connectivity index (χ3n) is 3.93. The second-order valence-corrected chi connectivity index (χ2v) is 5.60. The number of aromatic nitrogens is 2. The van der Waals surface area contributed by atoms with Gasteiger partial charge >= 0.3 is 5.97 Å². The number of aliphatic carboxylic acids is 1. The molecule has 6 nitrogen and oxygen atoms in total. The van der Waals surface area contributed by atoms with Crippen molar-refractivity contribution >= 4 is 22.8 Å². The first kappa shape index (κ1) is 15.7. The van der Waals surface area contributed by atoms with E-state index in [1.54, 1.807) is 6.07 Å². The smallest absolute Gasteiger partial charge is 0.305 e. The van der Waals surface area contributed by atoms with E-state index in [0.717, 1.165) is 16.6 Å². The van der Waals surface area contributed by atoms with Crippen molar-refractivity contribution < 1.29 is 14.7 Å². The molecule has 0 bridgehead atoms. The molecule has 0 aliphatic rings. The zero-order valence-electron chi connectivity index (χ0n) is 13.1. The molecule has 24 heavy (non-hydrogen) atoms. The molecule has 3 N–H and O–H groups in total. The molecule has 1 amide bonds. The second-order valence-electron chi connectivity index (χ2n) is 5.60. The Balaban J connectivity index is 1.91. The van der Waals surface area contributed by atoms with Gasteiger partial charge in [-0.1, -0.05) is 42.5 Å². The Morgan fingerprint density at radius 3 is 2.62 bits per heavy atom. The van der Waals surface area contributed by atoms with Gasteiger partial charge in [-0.3, -0.25) is 14.7 Å². The van der Waals surface area contributed by atoms with Crippen molar-refractivity contribution in [3.8, 4) is 0 Å². The molecule has 0 saturated heterocycles. The van der Waals surface area contributed by atoms with E-state index in [1.165, 1.54) is 0 Å². The maximum absolute atomic E-state index is 12.6. The Bertz CT molecular complexity index is 901. The van der Waals surface area contributed by atoms with Gasteiger partial charge in [0, 0.05) is 5.39 Å². The number of nitrogens with one attached hydrogen (secondary N) is 2. The Morgan fingerprint density at radius 2 is 1.88 bits per heavy atom. The summed E-state index contributed by atoms with van der Waals surface area (Å²) in [5.41, 5.74) is 2.73. The number of carbonyl (C=O) groups excluding carboxylic acids is 1. The molecule has 0 saturated carbocycles. The van der Waals surface area contributed by atoms with Crippen LogP contribution in [-0.4, -0.2) is 27.2 Å². The highest BCUT2D eigenvalue weighted by molar-refractivity contribution is 6.04. The van der Waals surface area contributed by atoms with Crippen LogP contribution in [0, 0.1) is 6.92 Å². The van der Waals surface area contributed by atoms with Gasteiger partial charge in [0.15, 0.2) is 5.69 Å². The van der Waals surface area contributed by atoms with E-state index in [0.29, 0.717) is 5.39 Å². The lowest BCUT2D eigenvalue weighted by atomic mass is 9.98. The number of carboxylic acids is 1. The molecule has 3 aromatic rings. The molecule has 0 fully saturated rings. The van der Waals surface area contributed by atoms with Gasteiger partial charge in [-0.25, -0.2) is 0 Å². The summed E-state index contributed by atoms with van der Waals surface area (Å²) < 4.78 is 0. The molecule has 1 aromatic heterocycles. The molecule has 122 valence electrons. The lowest BCUT2D eigenvalue weighted by molar-refractivity contribution is -0.137. The normalized spacial score (nSPS) is 12.0. The zero-order valence-corrected chi connectivity index (χ0v) is 13.1. The predicted octanol–water partition coefficient (Wildman–Crippen LogP) is 2.82. The van der Waals surface area contributed by atoms with Crippen molar-refractivity contribution in [3.05, 3.63) is 65.4 Å². The summed E-state index contributed by atoms with van der Waals surface area (Å²) in [6.07, 6.45) is -0.195. The van der Waals surface area contributed by atoms with Gasteiger partial charge in [-0.05, 0) is 24.1 Å². The van der Waals surface area contributed by atoms with Gasteiger partial charge < -0.3 is 10.4 Å². The number of nitrogens with zero attached hydrogens (tertiary/aromatic N) is 1. The van der Waals surface area contributed by atoms with Crippen LogP contribution in [0.2, 0.25) is 0 Å². The maximum atomic E-state index is 12.6. The fraction of sp³-hybridized carbons (Fsp3) is 0.167. The SMILES string of the molecule is Cc1ccccc1C(CC(=O)O)NC(=O)c1n[nH]c2ccccc12. The molecular weight excluding hydrogens is 306 g/mol. The summed E-state index contributed by atoms with van der Waals surface area (Å²) in [7, 11) is 0. The number of hydrogen-bond donors (Lipinski definition) is 3. The summed E-state index contributed by atoms with van der Waals surface area (Å²) in [5.74, 6) is -1.38. The van der Waals surface area contributed by atoms with Gasteiger partial charge in [0.1, 0.15) is 0 Å². The average Bonchev–Trinajstić information content (AvgIpc) is 2.98. The number of rotatable bonds is 5. The summed E-state index contributed by atoms with van der Waals surface area (Å²) >= 11 is 0. The van der Waals surface area contributed by atoms with Crippen molar-refractivity contribution in [2.75, 3.05) is 0 Å². The second kappa shape index (κ2) is 6.54. The van der Waals surface area contributed by atoms with Crippen LogP contribution in [0.1, 0.15) is 34.1 Å². The van der Waals surface area contributed by atoms with E-state index in [9.17, 15) is 14.7 Å².